The molecular formula is C20H20N2O5S. The summed E-state index contributed by atoms with van der Waals surface area (Å²) in [6.07, 6.45) is 0. The summed E-state index contributed by atoms with van der Waals surface area (Å²) in [6.45, 7) is 1.91. The topological polar surface area (TPSA) is 83.7 Å². The number of ether oxygens (including phenoxy) is 3. The van der Waals surface area contributed by atoms with E-state index >= 15 is 0 Å². The van der Waals surface area contributed by atoms with Crippen molar-refractivity contribution in [2.24, 2.45) is 0 Å². The maximum atomic E-state index is 12.4. The second kappa shape index (κ2) is 9.27. The minimum Gasteiger partial charge on any atom is -0.497 e. The summed E-state index contributed by atoms with van der Waals surface area (Å²) in [6, 6.07) is 12.6. The molecule has 0 N–H and O–H groups in total. The molecule has 3 aromatic rings. The number of aromatic nitrogens is 2. The van der Waals surface area contributed by atoms with Crippen LogP contribution in [0.4, 0.5) is 0 Å². The Labute approximate surface area is 167 Å². The second-order valence-corrected chi connectivity index (χ2v) is 6.89. The molecule has 0 saturated heterocycles. The van der Waals surface area contributed by atoms with E-state index in [1.165, 1.54) is 0 Å². The molecule has 1 heterocycles. The molecule has 8 heteroatoms. The summed E-state index contributed by atoms with van der Waals surface area (Å²) in [5, 5.41) is 3.95. The summed E-state index contributed by atoms with van der Waals surface area (Å²) in [7, 11) is 3.12. The molecule has 7 nitrogen and oxygen atoms in total. The van der Waals surface area contributed by atoms with Gasteiger partial charge in [0.2, 0.25) is 5.82 Å². The van der Waals surface area contributed by atoms with Gasteiger partial charge in [0.25, 0.3) is 5.89 Å². The third-order valence-electron chi connectivity index (χ3n) is 3.85. The fourth-order valence-corrected chi connectivity index (χ4v) is 3.32. The summed E-state index contributed by atoms with van der Waals surface area (Å²) in [4.78, 5) is 17.6. The van der Waals surface area contributed by atoms with Crippen LogP contribution < -0.4 is 9.47 Å². The van der Waals surface area contributed by atoms with Gasteiger partial charge in [-0.15, -0.1) is 11.8 Å². The number of carbonyl (C=O) groups excluding carboxylic acids is 1. The lowest BCUT2D eigenvalue weighted by atomic mass is 10.2. The Morgan fingerprint density at radius 1 is 1.14 bits per heavy atom. The molecule has 0 amide bonds. The molecule has 146 valence electrons. The Hall–Kier alpha value is -3.00. The lowest BCUT2D eigenvalue weighted by Crippen LogP contribution is -2.07. The van der Waals surface area contributed by atoms with Gasteiger partial charge in [-0.05, 0) is 30.0 Å². The molecular weight excluding hydrogens is 380 g/mol. The summed E-state index contributed by atoms with van der Waals surface area (Å²) >= 11 is 1.58. The van der Waals surface area contributed by atoms with Crippen molar-refractivity contribution >= 4 is 17.7 Å². The zero-order valence-corrected chi connectivity index (χ0v) is 16.6. The van der Waals surface area contributed by atoms with Gasteiger partial charge in [0.1, 0.15) is 11.5 Å². The minimum atomic E-state index is -0.432. The van der Waals surface area contributed by atoms with E-state index in [-0.39, 0.29) is 12.5 Å². The van der Waals surface area contributed by atoms with Crippen LogP contribution in [0.2, 0.25) is 0 Å². The van der Waals surface area contributed by atoms with Crippen molar-refractivity contribution < 1.29 is 23.5 Å². The number of esters is 1. The van der Waals surface area contributed by atoms with Crippen LogP contribution >= 0.6 is 11.8 Å². The smallest absolute Gasteiger partial charge is 0.339 e. The fraction of sp³-hybridized carbons (Fsp3) is 0.250. The van der Waals surface area contributed by atoms with Crippen molar-refractivity contribution in [1.29, 1.82) is 0 Å². The van der Waals surface area contributed by atoms with Crippen LogP contribution in [-0.4, -0.2) is 36.1 Å². The highest BCUT2D eigenvalue weighted by molar-refractivity contribution is 7.99. The number of nitrogens with zero attached hydrogens (tertiary/aromatic N) is 2. The van der Waals surface area contributed by atoms with Crippen LogP contribution in [0.3, 0.4) is 0 Å². The molecule has 0 atom stereocenters. The van der Waals surface area contributed by atoms with Crippen molar-refractivity contribution in [3.63, 3.8) is 0 Å². The number of thioether (sulfide) groups is 1. The molecule has 0 fully saturated rings. The van der Waals surface area contributed by atoms with Crippen LogP contribution in [0.1, 0.15) is 23.2 Å². The summed E-state index contributed by atoms with van der Waals surface area (Å²) in [5.74, 6) is 2.17. The first-order chi connectivity index (χ1) is 13.7. The van der Waals surface area contributed by atoms with E-state index in [1.54, 1.807) is 56.3 Å². The number of benzene rings is 2. The van der Waals surface area contributed by atoms with Crippen LogP contribution in [0, 0.1) is 0 Å². The van der Waals surface area contributed by atoms with Gasteiger partial charge in [0, 0.05) is 11.0 Å². The van der Waals surface area contributed by atoms with Gasteiger partial charge in [0.15, 0.2) is 6.61 Å². The lowest BCUT2D eigenvalue weighted by Gasteiger charge is -2.07. The Bertz CT molecular complexity index is 957. The Kier molecular flexibility index (Phi) is 6.54. The molecule has 0 saturated carbocycles. The van der Waals surface area contributed by atoms with E-state index in [2.05, 4.69) is 10.1 Å². The average molecular weight is 400 g/mol. The number of rotatable bonds is 8. The highest BCUT2D eigenvalue weighted by atomic mass is 32.2. The first-order valence-corrected chi connectivity index (χ1v) is 9.58. The van der Waals surface area contributed by atoms with Gasteiger partial charge in [0.05, 0.1) is 25.3 Å². The first-order valence-electron chi connectivity index (χ1n) is 8.60. The minimum absolute atomic E-state index is 0.116. The van der Waals surface area contributed by atoms with Gasteiger partial charge in [-0.3, -0.25) is 0 Å². The maximum absolute atomic E-state index is 12.4. The lowest BCUT2D eigenvalue weighted by molar-refractivity contribution is 0.0425. The molecule has 1 aromatic heterocycles. The third kappa shape index (κ3) is 4.45. The molecule has 2 aromatic carbocycles. The van der Waals surface area contributed by atoms with Crippen molar-refractivity contribution in [3.05, 3.63) is 53.9 Å². The van der Waals surface area contributed by atoms with Crippen molar-refractivity contribution in [3.8, 4) is 22.9 Å². The van der Waals surface area contributed by atoms with Crippen molar-refractivity contribution in [2.45, 2.75) is 18.4 Å². The van der Waals surface area contributed by atoms with Gasteiger partial charge < -0.3 is 18.7 Å². The van der Waals surface area contributed by atoms with Gasteiger partial charge in [-0.2, -0.15) is 4.98 Å². The van der Waals surface area contributed by atoms with Crippen LogP contribution in [0.15, 0.2) is 51.9 Å². The monoisotopic (exact) mass is 400 g/mol. The Morgan fingerprint density at radius 3 is 2.71 bits per heavy atom. The molecule has 0 aliphatic carbocycles. The molecule has 3 rings (SSSR count). The van der Waals surface area contributed by atoms with Crippen LogP contribution in [-0.2, 0) is 11.3 Å². The molecule has 0 aliphatic heterocycles. The quantitative estimate of drug-likeness (QED) is 0.410. The van der Waals surface area contributed by atoms with E-state index in [0.717, 1.165) is 10.6 Å². The fourth-order valence-electron chi connectivity index (χ4n) is 2.53. The molecule has 0 unspecified atom stereocenters. The maximum Gasteiger partial charge on any atom is 0.339 e. The predicted molar refractivity (Wildman–Crippen MR) is 105 cm³/mol. The van der Waals surface area contributed by atoms with Crippen molar-refractivity contribution in [2.75, 3.05) is 20.0 Å². The standard InChI is InChI=1S/C20H20N2O5S/c1-4-28-17-8-6-5-7-15(17)20(23)26-12-18-21-19(22-27-18)14-10-9-13(24-2)11-16(14)25-3/h5-11H,4,12H2,1-3H3. The average Bonchev–Trinajstić information content (AvgIpc) is 3.21. The van der Waals surface area contributed by atoms with Crippen LogP contribution in [0.5, 0.6) is 11.5 Å². The van der Waals surface area contributed by atoms with E-state index in [4.69, 9.17) is 18.7 Å². The van der Waals surface area contributed by atoms with E-state index < -0.39 is 5.97 Å². The highest BCUT2D eigenvalue weighted by Gasteiger charge is 2.17. The van der Waals surface area contributed by atoms with Gasteiger partial charge in [-0.25, -0.2) is 4.79 Å². The van der Waals surface area contributed by atoms with Gasteiger partial charge in [-0.1, -0.05) is 24.2 Å². The molecule has 0 aliphatic rings. The number of hydrogen-bond donors (Lipinski definition) is 0. The summed E-state index contributed by atoms with van der Waals surface area (Å²) in [5.41, 5.74) is 1.17. The van der Waals surface area contributed by atoms with E-state index in [9.17, 15) is 4.79 Å². The van der Waals surface area contributed by atoms with Crippen LogP contribution in [0.25, 0.3) is 11.4 Å². The second-order valence-electron chi connectivity index (χ2n) is 5.58. The zero-order chi connectivity index (χ0) is 19.9. The predicted octanol–water partition coefficient (Wildman–Crippen LogP) is 4.22. The largest absolute Gasteiger partial charge is 0.497 e. The molecule has 0 spiro atoms. The Balaban J connectivity index is 1.71. The molecule has 0 radical (unpaired) electrons. The number of methoxy groups -OCH3 is 2. The number of carbonyl (C=O) groups is 1. The van der Waals surface area contributed by atoms with E-state index in [0.29, 0.717) is 28.5 Å². The highest BCUT2D eigenvalue weighted by Crippen LogP contribution is 2.31. The summed E-state index contributed by atoms with van der Waals surface area (Å²) < 4.78 is 21.1. The first kappa shape index (κ1) is 19.8. The normalized spacial score (nSPS) is 10.5. The van der Waals surface area contributed by atoms with Crippen molar-refractivity contribution in [1.82, 2.24) is 10.1 Å². The Morgan fingerprint density at radius 2 is 1.96 bits per heavy atom. The third-order valence-corrected chi connectivity index (χ3v) is 4.81. The number of hydrogen-bond acceptors (Lipinski definition) is 8. The molecule has 0 bridgehead atoms. The van der Waals surface area contributed by atoms with E-state index in [1.807, 2.05) is 19.1 Å². The molecule has 28 heavy (non-hydrogen) atoms. The zero-order valence-electron chi connectivity index (χ0n) is 15.8. The van der Waals surface area contributed by atoms with Gasteiger partial charge >= 0.3 is 5.97 Å². The SMILES string of the molecule is CCSc1ccccc1C(=O)OCc1nc(-c2ccc(OC)cc2OC)no1.